The molecule has 0 heterocycles. The first-order chi connectivity index (χ1) is 32.6. The van der Waals surface area contributed by atoms with Crippen LogP contribution in [0.15, 0.2) is 72.9 Å². The number of allylic oxidation sites excluding steroid dienone is 12. The monoisotopic (exact) mass is 921 g/mol. The second-order valence-electron chi connectivity index (χ2n) is 19.0. The van der Waals surface area contributed by atoms with Gasteiger partial charge in [0.15, 0.2) is 6.10 Å². The van der Waals surface area contributed by atoms with Crippen molar-refractivity contribution >= 4 is 11.9 Å². The molecule has 1 N–H and O–H groups in total. The normalized spacial score (nSPS) is 12.7. The first kappa shape index (κ1) is 63.3. The summed E-state index contributed by atoms with van der Waals surface area (Å²) in [5.74, 6) is -0.597. The molecule has 0 fully saturated rings. The summed E-state index contributed by atoms with van der Waals surface area (Å²) in [6, 6.07) is 0. The molecule has 0 rings (SSSR count). The van der Waals surface area contributed by atoms with Crippen molar-refractivity contribution < 1.29 is 24.2 Å². The van der Waals surface area contributed by atoms with Crippen molar-refractivity contribution in [1.29, 1.82) is 0 Å². The van der Waals surface area contributed by atoms with Gasteiger partial charge >= 0.3 is 11.9 Å². The molecule has 1 unspecified atom stereocenters. The molecule has 1 atom stereocenters. The number of rotatable bonds is 52. The zero-order valence-corrected chi connectivity index (χ0v) is 43.7. The minimum atomic E-state index is -0.778. The lowest BCUT2D eigenvalue weighted by molar-refractivity contribution is -0.161. The Balaban J connectivity index is 3.41. The van der Waals surface area contributed by atoms with Gasteiger partial charge in [0.25, 0.3) is 0 Å². The predicted octanol–water partition coefficient (Wildman–Crippen LogP) is 19.2. The number of aliphatic hydroxyl groups is 1. The van der Waals surface area contributed by atoms with E-state index in [1.807, 2.05) is 0 Å². The van der Waals surface area contributed by atoms with E-state index in [-0.39, 0.29) is 25.2 Å². The number of hydrogen-bond acceptors (Lipinski definition) is 5. The molecule has 0 aliphatic heterocycles. The van der Waals surface area contributed by atoms with Crippen LogP contribution in [0.3, 0.4) is 0 Å². The molecule has 0 aromatic heterocycles. The quantitative estimate of drug-likeness (QED) is 0.0374. The van der Waals surface area contributed by atoms with Crippen LogP contribution in [-0.4, -0.2) is 36.4 Å². The summed E-state index contributed by atoms with van der Waals surface area (Å²) in [7, 11) is 0. The highest BCUT2D eigenvalue weighted by molar-refractivity contribution is 5.70. The third-order valence-corrected chi connectivity index (χ3v) is 12.5. The van der Waals surface area contributed by atoms with Crippen molar-refractivity contribution in [2.45, 2.75) is 290 Å². The van der Waals surface area contributed by atoms with Crippen LogP contribution in [0.25, 0.3) is 0 Å². The van der Waals surface area contributed by atoms with Gasteiger partial charge in [-0.2, -0.15) is 0 Å². The Morgan fingerprint density at radius 1 is 0.364 bits per heavy atom. The van der Waals surface area contributed by atoms with Gasteiger partial charge in [0.05, 0.1) is 6.61 Å². The third-order valence-electron chi connectivity index (χ3n) is 12.5. The fourth-order valence-corrected chi connectivity index (χ4v) is 8.23. The highest BCUT2D eigenvalue weighted by Crippen LogP contribution is 2.17. The molecule has 0 saturated carbocycles. The Bertz CT molecular complexity index is 1180. The summed E-state index contributed by atoms with van der Waals surface area (Å²) in [6.45, 7) is 4.01. The summed E-state index contributed by atoms with van der Waals surface area (Å²) in [5.41, 5.74) is 0. The summed E-state index contributed by atoms with van der Waals surface area (Å²) in [5, 5.41) is 9.63. The Hall–Kier alpha value is -2.66. The number of ether oxygens (including phenoxy) is 2. The summed E-state index contributed by atoms with van der Waals surface area (Å²) in [4.78, 5) is 24.4. The first-order valence-electron chi connectivity index (χ1n) is 28.5. The fraction of sp³-hybridized carbons (Fsp3) is 0.770. The molecule has 0 aliphatic rings. The molecule has 5 nitrogen and oxygen atoms in total. The van der Waals surface area contributed by atoms with Crippen molar-refractivity contribution in [2.24, 2.45) is 0 Å². The molecule has 0 aromatic rings. The molecule has 0 saturated heterocycles. The zero-order chi connectivity index (χ0) is 47.7. The lowest BCUT2D eigenvalue weighted by Gasteiger charge is -2.15. The maximum atomic E-state index is 12.3. The molecular formula is C61H108O5. The van der Waals surface area contributed by atoms with Gasteiger partial charge in [-0.1, -0.05) is 260 Å². The summed E-state index contributed by atoms with van der Waals surface area (Å²) >= 11 is 0. The largest absolute Gasteiger partial charge is 0.462 e. The van der Waals surface area contributed by atoms with Crippen LogP contribution in [-0.2, 0) is 19.1 Å². The highest BCUT2D eigenvalue weighted by atomic mass is 16.6. The summed E-state index contributed by atoms with van der Waals surface area (Å²) < 4.78 is 10.7. The van der Waals surface area contributed by atoms with E-state index in [1.165, 1.54) is 180 Å². The van der Waals surface area contributed by atoms with Gasteiger partial charge in [0.1, 0.15) is 6.61 Å². The number of hydrogen-bond donors (Lipinski definition) is 1. The number of unbranched alkanes of at least 4 members (excludes halogenated alkanes) is 32. The maximum Gasteiger partial charge on any atom is 0.306 e. The van der Waals surface area contributed by atoms with Crippen LogP contribution in [0.2, 0.25) is 0 Å². The zero-order valence-electron chi connectivity index (χ0n) is 43.7. The standard InChI is InChI=1S/C61H108O5/c1-3-5-7-9-11-13-15-17-19-20-21-22-23-24-25-26-27-28-29-30-31-32-33-34-35-36-37-38-39-40-42-44-46-48-50-52-54-56-61(64)66-59(57-62)58-65-60(63)55-53-51-49-47-45-43-41-18-16-14-12-10-8-6-4-2/h5,7,11-14,17-19,21-22,41,59,62H,3-4,6,8-10,15-16,20,23-40,42-58H2,1-2H3/b7-5-,13-11-,14-12-,19-17-,22-21-,41-18-. The van der Waals surface area contributed by atoms with Gasteiger partial charge in [-0.05, 0) is 83.5 Å². The topological polar surface area (TPSA) is 72.8 Å². The number of aliphatic hydroxyl groups excluding tert-OH is 1. The van der Waals surface area contributed by atoms with Crippen molar-refractivity contribution in [1.82, 2.24) is 0 Å². The molecule has 0 aliphatic carbocycles. The minimum absolute atomic E-state index is 0.0716. The molecule has 0 spiro atoms. The molecule has 5 heteroatoms. The Labute approximate surface area is 410 Å². The van der Waals surface area contributed by atoms with Gasteiger partial charge in [-0.25, -0.2) is 0 Å². The van der Waals surface area contributed by atoms with E-state index in [0.29, 0.717) is 12.8 Å². The lowest BCUT2D eigenvalue weighted by Crippen LogP contribution is -2.28. The Kier molecular flexibility index (Phi) is 54.4. The Morgan fingerprint density at radius 3 is 0.985 bits per heavy atom. The van der Waals surface area contributed by atoms with Crippen LogP contribution < -0.4 is 0 Å². The van der Waals surface area contributed by atoms with Crippen molar-refractivity contribution in [3.8, 4) is 0 Å². The molecular weight excluding hydrogens is 813 g/mol. The molecule has 0 radical (unpaired) electrons. The lowest BCUT2D eigenvalue weighted by atomic mass is 10.0. The third kappa shape index (κ3) is 54.0. The summed E-state index contributed by atoms with van der Waals surface area (Å²) in [6.07, 6.45) is 77.5. The smallest absolute Gasteiger partial charge is 0.306 e. The van der Waals surface area contributed by atoms with E-state index in [1.54, 1.807) is 0 Å². The van der Waals surface area contributed by atoms with Gasteiger partial charge in [0.2, 0.25) is 0 Å². The van der Waals surface area contributed by atoms with Crippen LogP contribution in [0.4, 0.5) is 0 Å². The molecule has 0 amide bonds. The number of carbonyl (C=O) groups excluding carboxylic acids is 2. The second-order valence-corrected chi connectivity index (χ2v) is 19.0. The van der Waals surface area contributed by atoms with Crippen molar-refractivity contribution in [3.63, 3.8) is 0 Å². The van der Waals surface area contributed by atoms with Crippen molar-refractivity contribution in [2.75, 3.05) is 13.2 Å². The van der Waals surface area contributed by atoms with Gasteiger partial charge in [-0.3, -0.25) is 9.59 Å². The molecule has 382 valence electrons. The van der Waals surface area contributed by atoms with Crippen LogP contribution in [0.5, 0.6) is 0 Å². The van der Waals surface area contributed by atoms with E-state index >= 15 is 0 Å². The molecule has 0 aromatic carbocycles. The van der Waals surface area contributed by atoms with Crippen LogP contribution in [0, 0.1) is 0 Å². The van der Waals surface area contributed by atoms with E-state index in [2.05, 4.69) is 86.8 Å². The molecule has 0 bridgehead atoms. The average Bonchev–Trinajstić information content (AvgIpc) is 3.32. The van der Waals surface area contributed by atoms with Gasteiger partial charge in [-0.15, -0.1) is 0 Å². The fourth-order valence-electron chi connectivity index (χ4n) is 8.23. The van der Waals surface area contributed by atoms with Crippen LogP contribution in [0.1, 0.15) is 284 Å². The molecule has 66 heavy (non-hydrogen) atoms. The maximum absolute atomic E-state index is 12.3. The predicted molar refractivity (Wildman–Crippen MR) is 288 cm³/mol. The van der Waals surface area contributed by atoms with E-state index in [4.69, 9.17) is 9.47 Å². The SMILES string of the molecule is CC/C=C\C/C=C\C/C=C\C/C=C\CCCCCCCCCCCCCCCCCCCCCCCCCCC(=O)OC(CO)COC(=O)CCCCCCC/C=C\C/C=C\CCCCC. The van der Waals surface area contributed by atoms with E-state index in [9.17, 15) is 14.7 Å². The van der Waals surface area contributed by atoms with Crippen molar-refractivity contribution in [3.05, 3.63) is 72.9 Å². The minimum Gasteiger partial charge on any atom is -0.462 e. The number of esters is 2. The second kappa shape index (κ2) is 56.7. The van der Waals surface area contributed by atoms with Gasteiger partial charge in [0, 0.05) is 12.8 Å². The first-order valence-corrected chi connectivity index (χ1v) is 28.5. The number of carbonyl (C=O) groups is 2. The van der Waals surface area contributed by atoms with Crippen LogP contribution >= 0.6 is 0 Å². The van der Waals surface area contributed by atoms with E-state index < -0.39 is 6.10 Å². The highest BCUT2D eigenvalue weighted by Gasteiger charge is 2.16. The average molecular weight is 922 g/mol. The Morgan fingerprint density at radius 2 is 0.652 bits per heavy atom. The van der Waals surface area contributed by atoms with Gasteiger partial charge < -0.3 is 14.6 Å². The van der Waals surface area contributed by atoms with E-state index in [0.717, 1.165) is 77.0 Å².